The summed E-state index contributed by atoms with van der Waals surface area (Å²) < 4.78 is 0. The Hall–Kier alpha value is -1.19. The SMILES string of the molecule is CC12CCC(C(=O)[O-])(C(=O)C1=O)C2(C)C. The number of ketones is 2. The van der Waals surface area contributed by atoms with Crippen LogP contribution in [-0.2, 0) is 14.4 Å². The largest absolute Gasteiger partial charge is 0.549 e. The lowest BCUT2D eigenvalue weighted by molar-refractivity contribution is -0.320. The van der Waals surface area contributed by atoms with E-state index in [1.54, 1.807) is 20.8 Å². The first-order chi connectivity index (χ1) is 6.72. The zero-order valence-corrected chi connectivity index (χ0v) is 9.05. The highest BCUT2D eigenvalue weighted by atomic mass is 16.4. The maximum absolute atomic E-state index is 11.8. The van der Waals surface area contributed by atoms with Crippen molar-refractivity contribution in [3.8, 4) is 0 Å². The standard InChI is InChI=1S/C11H14O4/c1-9(2)10(3)4-5-11(9,8(14)15)7(13)6(10)12/h4-5H2,1-3H3,(H,14,15)/p-1. The number of fused-ring (bicyclic) bond motifs is 2. The van der Waals surface area contributed by atoms with Crippen LogP contribution in [0.15, 0.2) is 0 Å². The molecule has 2 aliphatic rings. The van der Waals surface area contributed by atoms with E-state index in [0.29, 0.717) is 6.42 Å². The molecule has 4 nitrogen and oxygen atoms in total. The number of aliphatic carboxylic acids is 1. The number of carboxylic acid groups (broad SMARTS) is 1. The van der Waals surface area contributed by atoms with Gasteiger partial charge in [0, 0.05) is 5.41 Å². The molecule has 4 heteroatoms. The molecule has 0 heterocycles. The fraction of sp³-hybridized carbons (Fsp3) is 0.727. The van der Waals surface area contributed by atoms with E-state index < -0.39 is 33.8 Å². The first kappa shape index (κ1) is 10.3. The molecule has 2 rings (SSSR count). The fourth-order valence-electron chi connectivity index (χ4n) is 3.22. The van der Waals surface area contributed by atoms with Crippen molar-refractivity contribution in [2.45, 2.75) is 33.6 Å². The highest BCUT2D eigenvalue weighted by Gasteiger charge is 2.75. The Morgan fingerprint density at radius 2 is 1.67 bits per heavy atom. The van der Waals surface area contributed by atoms with E-state index in [0.717, 1.165) is 0 Å². The quantitative estimate of drug-likeness (QED) is 0.439. The van der Waals surface area contributed by atoms with Gasteiger partial charge >= 0.3 is 0 Å². The highest BCUT2D eigenvalue weighted by molar-refractivity contribution is 6.48. The van der Waals surface area contributed by atoms with Gasteiger partial charge in [0.25, 0.3) is 0 Å². The van der Waals surface area contributed by atoms with Crippen molar-refractivity contribution in [2.75, 3.05) is 0 Å². The molecular weight excluding hydrogens is 196 g/mol. The lowest BCUT2D eigenvalue weighted by atomic mass is 9.65. The number of carbonyl (C=O) groups excluding carboxylic acids is 3. The van der Waals surface area contributed by atoms with Gasteiger partial charge in [0.1, 0.15) is 0 Å². The molecular formula is C11H13O4-. The van der Waals surface area contributed by atoms with Crippen molar-refractivity contribution in [3.05, 3.63) is 0 Å². The number of Topliss-reactive ketones (excluding diaryl/α,β-unsaturated/α-hetero) is 2. The van der Waals surface area contributed by atoms with E-state index in [9.17, 15) is 19.5 Å². The third kappa shape index (κ3) is 0.713. The molecule has 0 aromatic heterocycles. The molecule has 2 atom stereocenters. The van der Waals surface area contributed by atoms with Gasteiger partial charge in [-0.25, -0.2) is 0 Å². The van der Waals surface area contributed by atoms with Gasteiger partial charge in [-0.05, 0) is 18.3 Å². The third-order valence-corrected chi connectivity index (χ3v) is 4.89. The normalized spacial score (nSPS) is 42.3. The summed E-state index contributed by atoms with van der Waals surface area (Å²) in [7, 11) is 0. The molecule has 0 aliphatic heterocycles. The van der Waals surface area contributed by atoms with Crippen LogP contribution >= 0.6 is 0 Å². The maximum atomic E-state index is 11.8. The molecule has 0 saturated heterocycles. The zero-order chi connectivity index (χ0) is 11.6. The highest BCUT2D eigenvalue weighted by Crippen LogP contribution is 2.68. The Morgan fingerprint density at radius 1 is 1.13 bits per heavy atom. The summed E-state index contributed by atoms with van der Waals surface area (Å²) in [5.74, 6) is -2.70. The van der Waals surface area contributed by atoms with Gasteiger partial charge in [-0.15, -0.1) is 0 Å². The molecule has 82 valence electrons. The lowest BCUT2D eigenvalue weighted by Gasteiger charge is -2.38. The number of hydrogen-bond donors (Lipinski definition) is 0. The van der Waals surface area contributed by atoms with Gasteiger partial charge in [0.05, 0.1) is 11.4 Å². The van der Waals surface area contributed by atoms with Gasteiger partial charge in [0.2, 0.25) is 11.6 Å². The fourth-order valence-corrected chi connectivity index (χ4v) is 3.22. The average molecular weight is 209 g/mol. The molecule has 0 N–H and O–H groups in total. The van der Waals surface area contributed by atoms with E-state index in [1.807, 2.05) is 0 Å². The summed E-state index contributed by atoms with van der Waals surface area (Å²) in [5, 5.41) is 11.2. The van der Waals surface area contributed by atoms with Crippen LogP contribution in [0.2, 0.25) is 0 Å². The molecule has 0 aromatic carbocycles. The lowest BCUT2D eigenvalue weighted by Crippen LogP contribution is -2.51. The van der Waals surface area contributed by atoms with Crippen LogP contribution < -0.4 is 5.11 Å². The Kier molecular flexibility index (Phi) is 1.59. The van der Waals surface area contributed by atoms with Crippen molar-refractivity contribution in [2.24, 2.45) is 16.2 Å². The average Bonchev–Trinajstić information content (AvgIpc) is 2.39. The molecule has 2 unspecified atom stereocenters. The molecule has 0 aromatic rings. The first-order valence-corrected chi connectivity index (χ1v) is 5.02. The summed E-state index contributed by atoms with van der Waals surface area (Å²) in [6, 6.07) is 0. The second-order valence-corrected chi connectivity index (χ2v) is 5.31. The van der Waals surface area contributed by atoms with Crippen LogP contribution in [0.5, 0.6) is 0 Å². The van der Waals surface area contributed by atoms with Gasteiger partial charge in [-0.2, -0.15) is 0 Å². The zero-order valence-electron chi connectivity index (χ0n) is 9.05. The van der Waals surface area contributed by atoms with E-state index >= 15 is 0 Å². The molecule has 0 amide bonds. The number of rotatable bonds is 1. The van der Waals surface area contributed by atoms with Crippen molar-refractivity contribution in [1.82, 2.24) is 0 Å². The Labute approximate surface area is 87.7 Å². The Bertz CT molecular complexity index is 395. The summed E-state index contributed by atoms with van der Waals surface area (Å²) in [6.07, 6.45) is 0.683. The Morgan fingerprint density at radius 3 is 1.93 bits per heavy atom. The van der Waals surface area contributed by atoms with E-state index in [2.05, 4.69) is 0 Å². The van der Waals surface area contributed by atoms with Crippen LogP contribution in [0.3, 0.4) is 0 Å². The second kappa shape index (κ2) is 2.31. The predicted molar refractivity (Wildman–Crippen MR) is 48.6 cm³/mol. The summed E-state index contributed by atoms with van der Waals surface area (Å²) in [4.78, 5) is 34.8. The van der Waals surface area contributed by atoms with Crippen molar-refractivity contribution in [3.63, 3.8) is 0 Å². The minimum Gasteiger partial charge on any atom is -0.549 e. The van der Waals surface area contributed by atoms with Crippen LogP contribution in [0.4, 0.5) is 0 Å². The Balaban J connectivity index is 2.73. The summed E-state index contributed by atoms with van der Waals surface area (Å²) >= 11 is 0. The first-order valence-electron chi connectivity index (χ1n) is 5.02. The van der Waals surface area contributed by atoms with Crippen LogP contribution in [0, 0.1) is 16.2 Å². The maximum Gasteiger partial charge on any atom is 0.211 e. The van der Waals surface area contributed by atoms with Crippen molar-refractivity contribution >= 4 is 17.5 Å². The van der Waals surface area contributed by atoms with Gasteiger partial charge in [0.15, 0.2) is 0 Å². The topological polar surface area (TPSA) is 74.3 Å². The number of hydrogen-bond acceptors (Lipinski definition) is 4. The van der Waals surface area contributed by atoms with E-state index in [4.69, 9.17) is 0 Å². The number of carboxylic acids is 1. The van der Waals surface area contributed by atoms with E-state index in [-0.39, 0.29) is 6.42 Å². The molecule has 0 spiro atoms. The molecule has 2 fully saturated rings. The van der Waals surface area contributed by atoms with Crippen molar-refractivity contribution in [1.29, 1.82) is 0 Å². The molecule has 2 saturated carbocycles. The predicted octanol–water partition coefficient (Wildman–Crippen LogP) is -0.299. The van der Waals surface area contributed by atoms with Crippen molar-refractivity contribution < 1.29 is 19.5 Å². The molecule has 15 heavy (non-hydrogen) atoms. The number of carbonyl (C=O) groups is 3. The van der Waals surface area contributed by atoms with Gasteiger partial charge in [-0.1, -0.05) is 20.8 Å². The molecule has 2 aliphatic carbocycles. The smallest absolute Gasteiger partial charge is 0.211 e. The van der Waals surface area contributed by atoms with Gasteiger partial charge in [-0.3, -0.25) is 9.59 Å². The summed E-state index contributed by atoms with van der Waals surface area (Å²) in [5.41, 5.74) is -3.25. The molecule has 2 bridgehead atoms. The van der Waals surface area contributed by atoms with Crippen LogP contribution in [0.1, 0.15) is 33.6 Å². The van der Waals surface area contributed by atoms with Gasteiger partial charge < -0.3 is 9.90 Å². The monoisotopic (exact) mass is 209 g/mol. The second-order valence-electron chi connectivity index (χ2n) is 5.31. The minimum absolute atomic E-state index is 0.226. The summed E-state index contributed by atoms with van der Waals surface area (Å²) in [6.45, 7) is 5.04. The van der Waals surface area contributed by atoms with E-state index in [1.165, 1.54) is 0 Å². The van der Waals surface area contributed by atoms with Crippen LogP contribution in [-0.4, -0.2) is 17.5 Å². The van der Waals surface area contributed by atoms with Crippen LogP contribution in [0.25, 0.3) is 0 Å². The molecule has 0 radical (unpaired) electrons. The minimum atomic E-state index is -1.58. The third-order valence-electron chi connectivity index (χ3n) is 4.89.